The van der Waals surface area contributed by atoms with E-state index in [1.165, 1.54) is 17.8 Å². The van der Waals surface area contributed by atoms with Gasteiger partial charge in [-0.2, -0.15) is 31.0 Å². The highest BCUT2D eigenvalue weighted by molar-refractivity contribution is 7.16. The van der Waals surface area contributed by atoms with Gasteiger partial charge in [-0.25, -0.2) is 9.97 Å². The number of alkyl halides is 6. The number of aromatic nitrogens is 4. The highest BCUT2D eigenvalue weighted by Gasteiger charge is 2.37. The molecule has 0 spiro atoms. The second kappa shape index (κ2) is 9.76. The minimum absolute atomic E-state index is 0.0519. The number of likely N-dealkylation sites (tertiary alicyclic amines) is 1. The van der Waals surface area contributed by atoms with Crippen LogP contribution in [-0.4, -0.2) is 49.6 Å². The number of carbonyl (C=O) groups is 2. The number of hydrogen-bond donors (Lipinski definition) is 1. The summed E-state index contributed by atoms with van der Waals surface area (Å²) < 4.78 is 80.3. The van der Waals surface area contributed by atoms with Crippen molar-refractivity contribution in [3.63, 3.8) is 0 Å². The van der Waals surface area contributed by atoms with E-state index in [1.54, 1.807) is 11.8 Å². The molecule has 2 amide bonds. The van der Waals surface area contributed by atoms with Crippen molar-refractivity contribution in [2.75, 3.05) is 13.1 Å². The fourth-order valence-corrected chi connectivity index (χ4v) is 4.67. The molecule has 3 heterocycles. The van der Waals surface area contributed by atoms with Crippen molar-refractivity contribution in [3.05, 3.63) is 57.6 Å². The minimum Gasteiger partial charge on any atom is -0.342 e. The van der Waals surface area contributed by atoms with Gasteiger partial charge >= 0.3 is 12.4 Å². The fraction of sp³-hybridized carbons (Fsp3) is 0.409. The van der Waals surface area contributed by atoms with Crippen molar-refractivity contribution in [1.29, 1.82) is 0 Å². The summed E-state index contributed by atoms with van der Waals surface area (Å²) in [4.78, 5) is 35.9. The van der Waals surface area contributed by atoms with Crippen LogP contribution >= 0.6 is 11.3 Å². The summed E-state index contributed by atoms with van der Waals surface area (Å²) in [7, 11) is 0. The number of amides is 2. The quantitative estimate of drug-likeness (QED) is 0.465. The molecule has 8 nitrogen and oxygen atoms in total. The Bertz CT molecular complexity index is 1290. The number of thiazole rings is 1. The Hall–Kier alpha value is -3.49. The van der Waals surface area contributed by atoms with E-state index in [0.717, 1.165) is 24.2 Å². The number of benzene rings is 1. The summed E-state index contributed by atoms with van der Waals surface area (Å²) in [6, 6.07) is -0.336. The first kappa shape index (κ1) is 26.6. The highest BCUT2D eigenvalue weighted by Crippen LogP contribution is 2.36. The van der Waals surface area contributed by atoms with Gasteiger partial charge in [0, 0.05) is 18.7 Å². The van der Waals surface area contributed by atoms with E-state index >= 15 is 0 Å². The van der Waals surface area contributed by atoms with Gasteiger partial charge in [-0.3, -0.25) is 9.59 Å². The number of nitrogens with one attached hydrogen (secondary N) is 1. The van der Waals surface area contributed by atoms with Crippen molar-refractivity contribution in [1.82, 2.24) is 30.0 Å². The number of aryl methyl sites for hydroxylation is 1. The van der Waals surface area contributed by atoms with Gasteiger partial charge in [-0.05, 0) is 44.9 Å². The second-order valence-corrected chi connectivity index (χ2v) is 9.43. The summed E-state index contributed by atoms with van der Waals surface area (Å²) in [6.07, 6.45) is -6.96. The van der Waals surface area contributed by atoms with E-state index in [-0.39, 0.29) is 28.8 Å². The molecule has 3 aromatic rings. The first-order valence-corrected chi connectivity index (χ1v) is 11.8. The van der Waals surface area contributed by atoms with Crippen LogP contribution in [0.4, 0.5) is 26.3 Å². The topological polar surface area (TPSA) is 93.0 Å². The molecule has 0 aliphatic carbocycles. The monoisotopic (exact) mass is 546 g/mol. The van der Waals surface area contributed by atoms with Gasteiger partial charge in [0.1, 0.15) is 10.7 Å². The first-order chi connectivity index (χ1) is 17.2. The number of hydrogen-bond acceptors (Lipinski definition) is 6. The molecule has 1 saturated heterocycles. The zero-order valence-corrected chi connectivity index (χ0v) is 20.3. The van der Waals surface area contributed by atoms with Crippen molar-refractivity contribution in [2.45, 2.75) is 45.1 Å². The van der Waals surface area contributed by atoms with Crippen molar-refractivity contribution >= 4 is 23.2 Å². The molecule has 1 aliphatic rings. The van der Waals surface area contributed by atoms with Crippen LogP contribution in [0.25, 0.3) is 5.13 Å². The maximum atomic E-state index is 13.2. The Morgan fingerprint density at radius 3 is 2.19 bits per heavy atom. The van der Waals surface area contributed by atoms with Crippen LogP contribution in [-0.2, 0) is 12.4 Å². The van der Waals surface area contributed by atoms with E-state index < -0.39 is 41.0 Å². The summed E-state index contributed by atoms with van der Waals surface area (Å²) in [5.41, 5.74) is -4.02. The normalized spacial score (nSPS) is 15.2. The van der Waals surface area contributed by atoms with Gasteiger partial charge in [0.05, 0.1) is 23.4 Å². The van der Waals surface area contributed by atoms with Crippen molar-refractivity contribution < 1.29 is 35.9 Å². The summed E-state index contributed by atoms with van der Waals surface area (Å²) in [5.74, 6) is -0.938. The Labute approximate surface area is 210 Å². The SMILES string of the molecule is Cc1nc(C(C)NC(=O)c2cc(C(F)(F)F)cc(C(F)(F)F)c2)n(-c2ncc(C(=O)N3CCCC3)s2)n1. The number of halogens is 6. The molecule has 4 rings (SSSR count). The largest absolute Gasteiger partial charge is 0.416 e. The van der Waals surface area contributed by atoms with Crippen molar-refractivity contribution in [3.8, 4) is 5.13 Å². The highest BCUT2D eigenvalue weighted by atomic mass is 32.1. The third kappa shape index (κ3) is 5.76. The minimum atomic E-state index is -5.09. The average Bonchev–Trinajstić information content (AvgIpc) is 3.57. The van der Waals surface area contributed by atoms with Crippen LogP contribution in [0.5, 0.6) is 0 Å². The van der Waals surface area contributed by atoms with Crippen molar-refractivity contribution in [2.24, 2.45) is 0 Å². The lowest BCUT2D eigenvalue weighted by atomic mass is 10.0. The molecule has 15 heteroatoms. The second-order valence-electron chi connectivity index (χ2n) is 8.43. The number of carbonyl (C=O) groups excluding carboxylic acids is 2. The lowest BCUT2D eigenvalue weighted by Gasteiger charge is -2.16. The Kier molecular flexibility index (Phi) is 7.01. The lowest BCUT2D eigenvalue weighted by molar-refractivity contribution is -0.143. The van der Waals surface area contributed by atoms with E-state index in [9.17, 15) is 35.9 Å². The smallest absolute Gasteiger partial charge is 0.342 e. The van der Waals surface area contributed by atoms with E-state index in [1.807, 2.05) is 0 Å². The third-order valence-electron chi connectivity index (χ3n) is 5.60. The molecular formula is C22H20F6N6O2S. The van der Waals surface area contributed by atoms with Crippen LogP contribution in [0.15, 0.2) is 24.4 Å². The van der Waals surface area contributed by atoms with Crippen LogP contribution < -0.4 is 5.32 Å². The van der Waals surface area contributed by atoms with Crippen LogP contribution in [0.1, 0.15) is 68.6 Å². The van der Waals surface area contributed by atoms with E-state index in [4.69, 9.17) is 0 Å². The first-order valence-electron chi connectivity index (χ1n) is 11.0. The number of nitrogens with zero attached hydrogens (tertiary/aromatic N) is 5. The molecule has 1 aliphatic heterocycles. The number of rotatable bonds is 5. The van der Waals surface area contributed by atoms with Gasteiger partial charge in [-0.15, -0.1) is 5.10 Å². The molecular weight excluding hydrogens is 526 g/mol. The average molecular weight is 546 g/mol. The van der Waals surface area contributed by atoms with Crippen LogP contribution in [0.3, 0.4) is 0 Å². The Balaban J connectivity index is 1.59. The zero-order valence-electron chi connectivity index (χ0n) is 19.4. The fourth-order valence-electron chi connectivity index (χ4n) is 3.82. The Morgan fingerprint density at radius 2 is 1.62 bits per heavy atom. The predicted molar refractivity (Wildman–Crippen MR) is 119 cm³/mol. The summed E-state index contributed by atoms with van der Waals surface area (Å²) >= 11 is 1.05. The van der Waals surface area contributed by atoms with Gasteiger partial charge < -0.3 is 10.2 Å². The molecule has 1 N–H and O–H groups in total. The molecule has 1 aromatic carbocycles. The third-order valence-corrected chi connectivity index (χ3v) is 6.56. The molecule has 1 unspecified atom stereocenters. The maximum absolute atomic E-state index is 13.2. The molecule has 0 bridgehead atoms. The van der Waals surface area contributed by atoms with Gasteiger partial charge in [-0.1, -0.05) is 11.3 Å². The van der Waals surface area contributed by atoms with Crippen LogP contribution in [0, 0.1) is 6.92 Å². The molecule has 0 radical (unpaired) electrons. The molecule has 37 heavy (non-hydrogen) atoms. The molecule has 2 aromatic heterocycles. The van der Waals surface area contributed by atoms with Gasteiger partial charge in [0.15, 0.2) is 5.82 Å². The molecule has 1 fully saturated rings. The van der Waals surface area contributed by atoms with Gasteiger partial charge in [0.2, 0.25) is 5.13 Å². The molecule has 0 saturated carbocycles. The van der Waals surface area contributed by atoms with Gasteiger partial charge in [0.25, 0.3) is 11.8 Å². The molecule has 198 valence electrons. The van der Waals surface area contributed by atoms with E-state index in [2.05, 4.69) is 20.4 Å². The Morgan fingerprint density at radius 1 is 1.03 bits per heavy atom. The summed E-state index contributed by atoms with van der Waals surface area (Å²) in [5, 5.41) is 6.86. The predicted octanol–water partition coefficient (Wildman–Crippen LogP) is 4.80. The zero-order chi connectivity index (χ0) is 27.1. The van der Waals surface area contributed by atoms with E-state index in [0.29, 0.717) is 30.1 Å². The lowest BCUT2D eigenvalue weighted by Crippen LogP contribution is -2.29. The maximum Gasteiger partial charge on any atom is 0.416 e. The molecule has 1 atom stereocenters. The van der Waals surface area contributed by atoms with Crippen LogP contribution in [0.2, 0.25) is 0 Å². The standard InChI is InChI=1S/C22H20F6N6O2S/c1-11(30-18(35)13-7-14(21(23,24)25)9-15(8-13)22(26,27)28)17-31-12(2)32-34(17)20-29-10-16(37-20)19(36)33-5-3-4-6-33/h7-11H,3-6H2,1-2H3,(H,30,35). The summed E-state index contributed by atoms with van der Waals surface area (Å²) in [6.45, 7) is 4.30.